The molecule has 0 aromatic carbocycles. The van der Waals surface area contributed by atoms with E-state index in [1.807, 2.05) is 50.6 Å². The Morgan fingerprint density at radius 2 is 0.956 bits per heavy atom. The third-order valence-corrected chi connectivity index (χ3v) is 14.3. The number of aliphatic hydroxyl groups is 1. The van der Waals surface area contributed by atoms with Crippen LogP contribution in [0.5, 0.6) is 0 Å². The van der Waals surface area contributed by atoms with Crippen molar-refractivity contribution in [2.75, 3.05) is 19.9 Å². The normalized spacial score (nSPS) is 11.1. The van der Waals surface area contributed by atoms with Crippen molar-refractivity contribution in [2.45, 2.75) is 90.5 Å². The van der Waals surface area contributed by atoms with E-state index in [4.69, 9.17) is 18.1 Å². The van der Waals surface area contributed by atoms with Crippen LogP contribution in [0.1, 0.15) is 62.3 Å². The fraction of sp³-hybridized carbons (Fsp3) is 0.654. The first-order valence-corrected chi connectivity index (χ1v) is 19.9. The quantitative estimate of drug-likeness (QED) is 0.122. The molecule has 0 saturated heterocycles. The molecule has 11 nitrogen and oxygen atoms in total. The van der Waals surface area contributed by atoms with E-state index in [0.29, 0.717) is 0 Å². The molecule has 0 aliphatic carbocycles. The minimum atomic E-state index is -6.09. The van der Waals surface area contributed by atoms with Crippen molar-refractivity contribution in [3.63, 3.8) is 0 Å². The van der Waals surface area contributed by atoms with Gasteiger partial charge in [0.2, 0.25) is 0 Å². The Kier molecular flexibility index (Phi) is 29.1. The van der Waals surface area contributed by atoms with Gasteiger partial charge in [0.25, 0.3) is 0 Å². The van der Waals surface area contributed by atoms with Crippen LogP contribution in [-0.4, -0.2) is 102 Å². The molecular formula is C26H55BF3N6O5P2RuS+3. The van der Waals surface area contributed by atoms with Crippen LogP contribution in [0.4, 0.5) is 13.2 Å². The molecule has 0 amide bonds. The number of aliphatic hydroxyl groups excluding tert-OH is 1. The van der Waals surface area contributed by atoms with Crippen molar-refractivity contribution in [1.82, 2.24) is 29.1 Å². The van der Waals surface area contributed by atoms with Crippen molar-refractivity contribution < 1.29 is 56.2 Å². The summed E-state index contributed by atoms with van der Waals surface area (Å²) in [4.78, 5) is 0. The Hall–Kier alpha value is -1.20. The van der Waals surface area contributed by atoms with Gasteiger partial charge in [0.15, 0.2) is 10.1 Å². The zero-order chi connectivity index (χ0) is 34.0. The van der Waals surface area contributed by atoms with Gasteiger partial charge in [-0.05, 0) is 99.1 Å². The van der Waals surface area contributed by atoms with E-state index in [0.717, 1.165) is 22.6 Å². The largest absolute Gasteiger partial charge is 2.00 e. The summed E-state index contributed by atoms with van der Waals surface area (Å²) >= 11 is 0. The Balaban J connectivity index is -0.000000253. The maximum atomic E-state index is 10.7. The van der Waals surface area contributed by atoms with Crippen molar-refractivity contribution in [3.8, 4) is 0 Å². The molecule has 4 N–H and O–H groups in total. The van der Waals surface area contributed by atoms with E-state index in [-0.39, 0.29) is 47.4 Å². The van der Waals surface area contributed by atoms with Crippen LogP contribution in [-0.2, 0) is 35.1 Å². The molecule has 0 aliphatic rings. The van der Waals surface area contributed by atoms with Gasteiger partial charge < -0.3 is 28.9 Å². The molecule has 3 heterocycles. The third kappa shape index (κ3) is 22.1. The number of hydrogen-bond donors (Lipinski definition) is 1. The molecule has 0 saturated carbocycles. The fourth-order valence-corrected chi connectivity index (χ4v) is 5.85. The number of rotatable bonds is 7. The van der Waals surface area contributed by atoms with Crippen molar-refractivity contribution in [2.24, 2.45) is 0 Å². The number of halogens is 3. The molecule has 3 aromatic heterocycles. The molecular weight excluding hydrogens is 739 g/mol. The zero-order valence-corrected chi connectivity index (χ0v) is 32.8. The SMILES string of the molecule is CC(C)[PH+](C)C(C)C.CC(C)[PH+](C)C(C)C.CCO.O=S(=O)([O-])C(F)(F)F.[OH3+].[Ru+2].c1cnn([BH-](n2cccn2)n2cccn2)c1. The van der Waals surface area contributed by atoms with Gasteiger partial charge in [-0.15, -0.1) is 0 Å². The number of alkyl halides is 3. The summed E-state index contributed by atoms with van der Waals surface area (Å²) in [6.07, 6.45) is 11.0. The predicted molar refractivity (Wildman–Crippen MR) is 182 cm³/mol. The molecule has 0 unspecified atom stereocenters. The molecule has 0 atom stereocenters. The van der Waals surface area contributed by atoms with E-state index in [1.54, 1.807) is 25.5 Å². The maximum absolute atomic E-state index is 10.7. The molecule has 0 bridgehead atoms. The van der Waals surface area contributed by atoms with E-state index < -0.39 is 22.7 Å². The van der Waals surface area contributed by atoms with Gasteiger partial charge in [-0.2, -0.15) is 13.2 Å². The maximum Gasteiger partial charge on any atom is 2.00 e. The number of nitrogens with zero attached hydrogens (tertiary/aromatic N) is 6. The molecule has 45 heavy (non-hydrogen) atoms. The van der Waals surface area contributed by atoms with Crippen LogP contribution in [0, 0.1) is 0 Å². The van der Waals surface area contributed by atoms with Gasteiger partial charge in [-0.25, -0.2) is 23.7 Å². The first kappa shape index (κ1) is 50.7. The molecule has 19 heteroatoms. The van der Waals surface area contributed by atoms with E-state index in [9.17, 15) is 13.2 Å². The second-order valence-corrected chi connectivity index (χ2v) is 19.8. The Morgan fingerprint density at radius 1 is 0.756 bits per heavy atom. The minimum Gasteiger partial charge on any atom is -0.741 e. The van der Waals surface area contributed by atoms with Gasteiger partial charge in [-0.3, -0.25) is 0 Å². The first-order valence-electron chi connectivity index (χ1n) is 14.2. The summed E-state index contributed by atoms with van der Waals surface area (Å²) in [5, 5.41) is 20.4. The topological polar surface area (TPSA) is 164 Å². The molecule has 3 aromatic rings. The summed E-state index contributed by atoms with van der Waals surface area (Å²) in [5.74, 6) is 0. The Bertz CT molecular complexity index is 1050. The van der Waals surface area contributed by atoms with E-state index in [1.165, 1.54) is 0 Å². The summed E-state index contributed by atoms with van der Waals surface area (Å²) in [6, 6.07) is 5.69. The first-order chi connectivity index (χ1) is 19.7. The smallest absolute Gasteiger partial charge is 0.741 e. The average molecular weight is 795 g/mol. The molecule has 3 rings (SSSR count). The molecule has 0 spiro atoms. The van der Waals surface area contributed by atoms with Crippen LogP contribution < -0.4 is 0 Å². The zero-order valence-electron chi connectivity index (χ0n) is 28.2. The van der Waals surface area contributed by atoms with Crippen LogP contribution in [0.2, 0.25) is 0 Å². The van der Waals surface area contributed by atoms with E-state index >= 15 is 0 Å². The van der Waals surface area contributed by atoms with Crippen LogP contribution in [0.25, 0.3) is 0 Å². The monoisotopic (exact) mass is 795 g/mol. The fourth-order valence-electron chi connectivity index (χ4n) is 3.18. The molecule has 0 fully saturated rings. The predicted octanol–water partition coefficient (Wildman–Crippen LogP) is 4.36. The van der Waals surface area contributed by atoms with Gasteiger partial charge in [0.1, 0.15) is 0 Å². The molecule has 264 valence electrons. The van der Waals surface area contributed by atoms with Crippen molar-refractivity contribution >= 4 is 33.1 Å². The Labute approximate surface area is 283 Å². The van der Waals surface area contributed by atoms with Crippen LogP contribution >= 0.6 is 15.8 Å². The average Bonchev–Trinajstić information content (AvgIpc) is 3.68. The van der Waals surface area contributed by atoms with Crippen molar-refractivity contribution in [3.05, 3.63) is 55.4 Å². The van der Waals surface area contributed by atoms with Crippen LogP contribution in [0.15, 0.2) is 55.4 Å². The molecule has 0 aliphatic heterocycles. The Morgan fingerprint density at radius 3 is 1.04 bits per heavy atom. The second-order valence-electron chi connectivity index (χ2n) is 10.9. The number of aromatic nitrogens is 6. The second kappa shape index (κ2) is 25.8. The third-order valence-electron chi connectivity index (χ3n) is 6.47. The van der Waals surface area contributed by atoms with Crippen molar-refractivity contribution in [1.29, 1.82) is 0 Å². The van der Waals surface area contributed by atoms with Crippen LogP contribution in [0.3, 0.4) is 0 Å². The van der Waals surface area contributed by atoms with Gasteiger partial charge in [-0.1, -0.05) is 0 Å². The standard InChI is InChI=1S/C9H10BN6.2C7H17P.C2H6O.CHF3O3S.H2O.Ru/c1-4-11-14(7-1)10(15-8-2-5-12-15)16-9-3-6-13-16;2*1-6(2)8(5)7(3)4;1-2-3;2-1(3,4)8(5,6)7;;/h1-10H;2*6-7H,1-5H3;3H,2H2,1H3;(H,5,6,7);1H2;/q-1;;;;;;+2/p+2. The minimum absolute atomic E-state index is 0. The number of hydrogen-bond acceptors (Lipinski definition) is 7. The summed E-state index contributed by atoms with van der Waals surface area (Å²) in [6.45, 7) is 25.4. The van der Waals surface area contributed by atoms with Gasteiger partial charge >= 0.3 is 32.1 Å². The summed E-state index contributed by atoms with van der Waals surface area (Å²) < 4.78 is 64.5. The van der Waals surface area contributed by atoms with Gasteiger partial charge in [0, 0.05) is 54.4 Å². The molecule has 0 radical (unpaired) electrons. The summed E-state index contributed by atoms with van der Waals surface area (Å²) in [5.41, 5.74) is -1.87. The van der Waals surface area contributed by atoms with E-state index in [2.05, 4.69) is 84.0 Å². The van der Waals surface area contributed by atoms with Gasteiger partial charge in [0.05, 0.1) is 22.6 Å². The summed E-state index contributed by atoms with van der Waals surface area (Å²) in [7, 11) is -7.26.